The topological polar surface area (TPSA) is 41.3 Å². The highest BCUT2D eigenvalue weighted by Gasteiger charge is 2.06. The molecule has 0 saturated heterocycles. The molecule has 1 aromatic carbocycles. The van der Waals surface area contributed by atoms with E-state index in [1.54, 1.807) is 6.07 Å². The molecular formula is C15H24ClN3S. The van der Waals surface area contributed by atoms with Crippen molar-refractivity contribution in [1.29, 1.82) is 0 Å². The number of anilines is 1. The first-order chi connectivity index (χ1) is 9.41. The number of nitrogens with zero attached hydrogens (tertiary/aromatic N) is 1. The number of nitrogens with two attached hydrogens (primary N) is 1. The zero-order valence-electron chi connectivity index (χ0n) is 12.4. The molecule has 1 aromatic rings. The molecule has 0 bridgehead atoms. The molecule has 0 unspecified atom stereocenters. The molecule has 5 heteroatoms. The van der Waals surface area contributed by atoms with Crippen LogP contribution in [0.25, 0.3) is 0 Å². The van der Waals surface area contributed by atoms with Crippen LogP contribution in [0.15, 0.2) is 18.2 Å². The largest absolute Gasteiger partial charge is 0.389 e. The van der Waals surface area contributed by atoms with Crippen molar-refractivity contribution < 1.29 is 0 Å². The van der Waals surface area contributed by atoms with E-state index in [0.29, 0.717) is 16.1 Å². The van der Waals surface area contributed by atoms with E-state index in [2.05, 4.69) is 31.1 Å². The van der Waals surface area contributed by atoms with Gasteiger partial charge in [-0.05, 0) is 58.5 Å². The fourth-order valence-electron chi connectivity index (χ4n) is 1.84. The van der Waals surface area contributed by atoms with E-state index < -0.39 is 0 Å². The first kappa shape index (κ1) is 17.2. The minimum Gasteiger partial charge on any atom is -0.389 e. The second kappa shape index (κ2) is 8.45. The van der Waals surface area contributed by atoms with Gasteiger partial charge in [-0.3, -0.25) is 0 Å². The number of unbranched alkanes of at least 4 members (excludes halogenated alkanes) is 1. The van der Waals surface area contributed by atoms with E-state index in [-0.39, 0.29) is 0 Å². The molecule has 0 aliphatic carbocycles. The van der Waals surface area contributed by atoms with Gasteiger partial charge in [-0.15, -0.1) is 0 Å². The summed E-state index contributed by atoms with van der Waals surface area (Å²) in [5.74, 6) is 0. The maximum Gasteiger partial charge on any atom is 0.106 e. The molecule has 0 aliphatic rings. The van der Waals surface area contributed by atoms with Crippen LogP contribution in [0.5, 0.6) is 0 Å². The normalized spacial score (nSPS) is 11.1. The van der Waals surface area contributed by atoms with Gasteiger partial charge in [0.25, 0.3) is 0 Å². The van der Waals surface area contributed by atoms with Crippen molar-refractivity contribution in [3.8, 4) is 0 Å². The number of halogens is 1. The Morgan fingerprint density at radius 2 is 2.10 bits per heavy atom. The fourth-order valence-corrected chi connectivity index (χ4v) is 2.18. The lowest BCUT2D eigenvalue weighted by Crippen LogP contribution is -2.27. The molecule has 0 fully saturated rings. The van der Waals surface area contributed by atoms with Crippen LogP contribution in [0.2, 0.25) is 5.02 Å². The summed E-state index contributed by atoms with van der Waals surface area (Å²) < 4.78 is 0. The van der Waals surface area contributed by atoms with Crippen molar-refractivity contribution in [2.24, 2.45) is 5.73 Å². The van der Waals surface area contributed by atoms with E-state index in [4.69, 9.17) is 29.6 Å². The predicted octanol–water partition coefficient (Wildman–Crippen LogP) is 3.51. The highest BCUT2D eigenvalue weighted by molar-refractivity contribution is 7.80. The first-order valence-corrected chi connectivity index (χ1v) is 7.74. The Morgan fingerprint density at radius 3 is 2.70 bits per heavy atom. The maximum absolute atomic E-state index is 5.96. The number of rotatable bonds is 8. The summed E-state index contributed by atoms with van der Waals surface area (Å²) in [6.07, 6.45) is 2.27. The van der Waals surface area contributed by atoms with Crippen LogP contribution in [-0.2, 0) is 0 Å². The van der Waals surface area contributed by atoms with Crippen molar-refractivity contribution in [3.05, 3.63) is 28.8 Å². The van der Waals surface area contributed by atoms with Crippen molar-refractivity contribution in [1.82, 2.24) is 4.90 Å². The smallest absolute Gasteiger partial charge is 0.106 e. The quantitative estimate of drug-likeness (QED) is 0.569. The number of thiocarbonyl (C=S) groups is 1. The van der Waals surface area contributed by atoms with Gasteiger partial charge in [-0.2, -0.15) is 0 Å². The van der Waals surface area contributed by atoms with Gasteiger partial charge in [0.15, 0.2) is 0 Å². The molecule has 0 aliphatic heterocycles. The van der Waals surface area contributed by atoms with Crippen LogP contribution < -0.4 is 11.1 Å². The van der Waals surface area contributed by atoms with E-state index in [1.807, 2.05) is 12.1 Å². The molecule has 0 spiro atoms. The standard InChI is InChI=1S/C15H24ClN3S/c1-11(2)19(3)9-5-4-8-18-14-7-6-12(16)10-13(14)15(17)20/h6-7,10-11,18H,4-5,8-9H2,1-3H3,(H2,17,20). The Labute approximate surface area is 132 Å². The van der Waals surface area contributed by atoms with Gasteiger partial charge >= 0.3 is 0 Å². The van der Waals surface area contributed by atoms with Crippen LogP contribution in [0.3, 0.4) is 0 Å². The van der Waals surface area contributed by atoms with Gasteiger partial charge in [0.2, 0.25) is 0 Å². The van der Waals surface area contributed by atoms with Gasteiger partial charge < -0.3 is 16.0 Å². The fraction of sp³-hybridized carbons (Fsp3) is 0.533. The van der Waals surface area contributed by atoms with Crippen LogP contribution in [-0.4, -0.2) is 36.1 Å². The highest BCUT2D eigenvalue weighted by atomic mass is 35.5. The molecular weight excluding hydrogens is 290 g/mol. The number of hydrogen-bond donors (Lipinski definition) is 2. The third-order valence-electron chi connectivity index (χ3n) is 3.38. The minimum atomic E-state index is 0.370. The van der Waals surface area contributed by atoms with Crippen LogP contribution >= 0.6 is 23.8 Å². The van der Waals surface area contributed by atoms with Gasteiger partial charge in [0.1, 0.15) is 4.99 Å². The zero-order chi connectivity index (χ0) is 15.1. The molecule has 0 aromatic heterocycles. The SMILES string of the molecule is CC(C)N(C)CCCCNc1ccc(Cl)cc1C(N)=S. The average Bonchev–Trinajstić information content (AvgIpc) is 2.39. The number of nitrogens with one attached hydrogen (secondary N) is 1. The summed E-state index contributed by atoms with van der Waals surface area (Å²) in [5.41, 5.74) is 7.48. The summed E-state index contributed by atoms with van der Waals surface area (Å²) in [6.45, 7) is 6.44. The molecule has 20 heavy (non-hydrogen) atoms. The molecule has 0 saturated carbocycles. The number of benzene rings is 1. The Hall–Kier alpha value is -0.840. The van der Waals surface area contributed by atoms with Crippen molar-refractivity contribution in [2.45, 2.75) is 32.7 Å². The van der Waals surface area contributed by atoms with Crippen molar-refractivity contribution >= 4 is 34.5 Å². The van der Waals surface area contributed by atoms with E-state index in [1.165, 1.54) is 0 Å². The van der Waals surface area contributed by atoms with E-state index >= 15 is 0 Å². The third kappa shape index (κ3) is 5.65. The van der Waals surface area contributed by atoms with Crippen LogP contribution in [0.4, 0.5) is 5.69 Å². The molecule has 0 heterocycles. The lowest BCUT2D eigenvalue weighted by Gasteiger charge is -2.20. The highest BCUT2D eigenvalue weighted by Crippen LogP contribution is 2.20. The van der Waals surface area contributed by atoms with Gasteiger partial charge in [0.05, 0.1) is 0 Å². The monoisotopic (exact) mass is 313 g/mol. The Bertz CT molecular complexity index is 449. The lowest BCUT2D eigenvalue weighted by molar-refractivity contribution is 0.269. The number of hydrogen-bond acceptors (Lipinski definition) is 3. The van der Waals surface area contributed by atoms with Crippen LogP contribution in [0, 0.1) is 0 Å². The van der Waals surface area contributed by atoms with Crippen molar-refractivity contribution in [3.63, 3.8) is 0 Å². The molecule has 0 radical (unpaired) electrons. The van der Waals surface area contributed by atoms with Gasteiger partial charge in [0, 0.05) is 28.9 Å². The van der Waals surface area contributed by atoms with Gasteiger partial charge in [-0.1, -0.05) is 23.8 Å². The van der Waals surface area contributed by atoms with E-state index in [0.717, 1.165) is 37.2 Å². The summed E-state index contributed by atoms with van der Waals surface area (Å²) >= 11 is 11.0. The second-order valence-electron chi connectivity index (χ2n) is 5.26. The van der Waals surface area contributed by atoms with Gasteiger partial charge in [-0.25, -0.2) is 0 Å². The maximum atomic E-state index is 5.96. The summed E-state index contributed by atoms with van der Waals surface area (Å²) in [6, 6.07) is 6.18. The molecule has 3 nitrogen and oxygen atoms in total. The Balaban J connectivity index is 2.41. The lowest BCUT2D eigenvalue weighted by atomic mass is 10.1. The Kier molecular flexibility index (Phi) is 7.27. The molecule has 0 amide bonds. The molecule has 112 valence electrons. The third-order valence-corrected chi connectivity index (χ3v) is 3.84. The first-order valence-electron chi connectivity index (χ1n) is 6.95. The average molecular weight is 314 g/mol. The van der Waals surface area contributed by atoms with E-state index in [9.17, 15) is 0 Å². The molecule has 1 rings (SSSR count). The predicted molar refractivity (Wildman–Crippen MR) is 92.8 cm³/mol. The second-order valence-corrected chi connectivity index (χ2v) is 6.14. The zero-order valence-corrected chi connectivity index (χ0v) is 14.0. The van der Waals surface area contributed by atoms with Crippen LogP contribution in [0.1, 0.15) is 32.3 Å². The molecule has 3 N–H and O–H groups in total. The minimum absolute atomic E-state index is 0.370. The molecule has 0 atom stereocenters. The summed E-state index contributed by atoms with van der Waals surface area (Å²) in [5, 5.41) is 4.03. The summed E-state index contributed by atoms with van der Waals surface area (Å²) in [7, 11) is 2.16. The Morgan fingerprint density at radius 1 is 1.40 bits per heavy atom. The summed E-state index contributed by atoms with van der Waals surface area (Å²) in [4.78, 5) is 2.72. The van der Waals surface area contributed by atoms with Crippen molar-refractivity contribution in [2.75, 3.05) is 25.5 Å².